The summed E-state index contributed by atoms with van der Waals surface area (Å²) in [6, 6.07) is 12.0. The summed E-state index contributed by atoms with van der Waals surface area (Å²) in [5, 5.41) is 18.5. The molecule has 8 heteroatoms. The molecule has 1 N–H and O–H groups in total. The highest BCUT2D eigenvalue weighted by atomic mass is 16.5. The number of hydrogen-bond donors (Lipinski definition) is 1. The molecule has 8 nitrogen and oxygen atoms in total. The minimum atomic E-state index is -0.665. The van der Waals surface area contributed by atoms with E-state index < -0.39 is 17.8 Å². The second-order valence-electron chi connectivity index (χ2n) is 7.74. The number of benzene rings is 1. The first-order valence-corrected chi connectivity index (χ1v) is 10.5. The van der Waals surface area contributed by atoms with Crippen LogP contribution >= 0.6 is 0 Å². The molecule has 1 aliphatic heterocycles. The summed E-state index contributed by atoms with van der Waals surface area (Å²) in [7, 11) is 0. The van der Waals surface area contributed by atoms with Gasteiger partial charge in [-0.1, -0.05) is 12.1 Å². The molecule has 1 aromatic heterocycles. The number of hydrogen-bond acceptors (Lipinski definition) is 7. The molecule has 0 atom stereocenters. The lowest BCUT2D eigenvalue weighted by molar-refractivity contribution is -0.140. The molecule has 33 heavy (non-hydrogen) atoms. The topological polar surface area (TPSA) is 121 Å². The van der Waals surface area contributed by atoms with E-state index in [9.17, 15) is 19.6 Å². The molecule has 2 heterocycles. The summed E-state index contributed by atoms with van der Waals surface area (Å²) in [4.78, 5) is 38.3. The number of carbonyl (C=O) groups is 3. The quantitative estimate of drug-likeness (QED) is 0.391. The molecule has 0 unspecified atom stereocenters. The van der Waals surface area contributed by atoms with Gasteiger partial charge in [-0.3, -0.25) is 14.5 Å². The van der Waals surface area contributed by atoms with Crippen molar-refractivity contribution >= 4 is 23.9 Å². The van der Waals surface area contributed by atoms with Crippen molar-refractivity contribution in [2.45, 2.75) is 33.3 Å². The zero-order valence-electron chi connectivity index (χ0n) is 18.6. The van der Waals surface area contributed by atoms with Crippen molar-refractivity contribution in [1.29, 1.82) is 5.26 Å². The number of esters is 1. The first-order valence-electron chi connectivity index (χ1n) is 10.5. The van der Waals surface area contributed by atoms with E-state index in [1.165, 1.54) is 6.08 Å². The van der Waals surface area contributed by atoms with E-state index in [4.69, 9.17) is 14.3 Å². The molecule has 3 rings (SSSR count). The Morgan fingerprint density at radius 1 is 1.18 bits per heavy atom. The van der Waals surface area contributed by atoms with Crippen LogP contribution in [0.1, 0.15) is 43.3 Å². The van der Waals surface area contributed by atoms with Gasteiger partial charge in [-0.05, 0) is 63.1 Å². The van der Waals surface area contributed by atoms with Crippen molar-refractivity contribution < 1.29 is 28.6 Å². The number of carbonyl (C=O) groups excluding carboxylic acids is 3. The minimum absolute atomic E-state index is 0.0129. The average molecular weight is 448 g/mol. The molecular weight excluding hydrogens is 424 g/mol. The lowest BCUT2D eigenvalue weighted by atomic mass is 9.94. The van der Waals surface area contributed by atoms with Crippen LogP contribution in [0, 0.1) is 11.3 Å². The van der Waals surface area contributed by atoms with Crippen LogP contribution in [0.25, 0.3) is 17.4 Å². The Hall–Kier alpha value is -3.96. The van der Waals surface area contributed by atoms with E-state index in [0.717, 1.165) is 10.5 Å². The van der Waals surface area contributed by atoms with Gasteiger partial charge >= 0.3 is 5.97 Å². The summed E-state index contributed by atoms with van der Waals surface area (Å²) in [6.07, 6.45) is 1.49. The zero-order chi connectivity index (χ0) is 24.1. The second-order valence-corrected chi connectivity index (χ2v) is 7.74. The van der Waals surface area contributed by atoms with Crippen LogP contribution in [0.5, 0.6) is 0 Å². The monoisotopic (exact) mass is 448 g/mol. The van der Waals surface area contributed by atoms with Crippen LogP contribution in [0.2, 0.25) is 0 Å². The van der Waals surface area contributed by atoms with E-state index in [-0.39, 0.29) is 42.4 Å². The lowest BCUT2D eigenvalue weighted by Gasteiger charge is -2.27. The van der Waals surface area contributed by atoms with Gasteiger partial charge in [0.15, 0.2) is 0 Å². The SMILES string of the molecule is CC1=C(C#N)C(=O)N(CCCO)C(=O)/C1=C/c1ccc(-c2ccc(C(=O)OC(C)C)cc2)o1. The van der Waals surface area contributed by atoms with E-state index in [1.54, 1.807) is 57.2 Å². The molecule has 0 aliphatic carbocycles. The summed E-state index contributed by atoms with van der Waals surface area (Å²) in [6.45, 7) is 4.93. The number of imide groups is 1. The Kier molecular flexibility index (Phi) is 7.26. The fourth-order valence-corrected chi connectivity index (χ4v) is 3.34. The fourth-order valence-electron chi connectivity index (χ4n) is 3.34. The molecular formula is C25H24N2O6. The van der Waals surface area contributed by atoms with Gasteiger partial charge < -0.3 is 14.3 Å². The third-order valence-electron chi connectivity index (χ3n) is 5.03. The number of aliphatic hydroxyl groups excluding tert-OH is 1. The van der Waals surface area contributed by atoms with Gasteiger partial charge in [0, 0.05) is 24.3 Å². The van der Waals surface area contributed by atoms with Crippen molar-refractivity contribution in [3.63, 3.8) is 0 Å². The Balaban J connectivity index is 1.89. The highest BCUT2D eigenvalue weighted by Gasteiger charge is 2.35. The van der Waals surface area contributed by atoms with Crippen LogP contribution in [-0.4, -0.2) is 47.0 Å². The van der Waals surface area contributed by atoms with Crippen LogP contribution in [0.15, 0.2) is 57.5 Å². The molecule has 0 bridgehead atoms. The van der Waals surface area contributed by atoms with Gasteiger partial charge in [-0.15, -0.1) is 0 Å². The van der Waals surface area contributed by atoms with Crippen LogP contribution in [0.4, 0.5) is 0 Å². The number of rotatable bonds is 7. The zero-order valence-corrected chi connectivity index (χ0v) is 18.6. The first kappa shape index (κ1) is 23.7. The fraction of sp³-hybridized carbons (Fsp3) is 0.280. The molecule has 2 aromatic rings. The molecule has 0 radical (unpaired) electrons. The number of furan rings is 1. The summed E-state index contributed by atoms with van der Waals surface area (Å²) in [5.74, 6) is -0.736. The Bertz CT molecular complexity index is 1180. The highest BCUT2D eigenvalue weighted by Crippen LogP contribution is 2.29. The third kappa shape index (κ3) is 5.10. The van der Waals surface area contributed by atoms with E-state index >= 15 is 0 Å². The summed E-state index contributed by atoms with van der Waals surface area (Å²) >= 11 is 0. The molecule has 0 saturated carbocycles. The standard InChI is InChI=1S/C25H24N2O6/c1-15(2)32-25(31)18-7-5-17(6-8-18)22-10-9-19(33-22)13-20-16(3)21(14-26)24(30)27(23(20)29)11-4-12-28/h5-10,13,15,28H,4,11-12H2,1-3H3/b20-13+. The normalized spacial score (nSPS) is 15.4. The van der Waals surface area contributed by atoms with Gasteiger partial charge in [0.25, 0.3) is 11.8 Å². The maximum atomic E-state index is 12.9. The number of nitriles is 1. The largest absolute Gasteiger partial charge is 0.459 e. The third-order valence-corrected chi connectivity index (χ3v) is 5.03. The Labute approximate surface area is 191 Å². The number of aliphatic hydroxyl groups is 1. The number of nitrogens with zero attached hydrogens (tertiary/aromatic N) is 2. The predicted octanol–water partition coefficient (Wildman–Crippen LogP) is 3.49. The van der Waals surface area contributed by atoms with Crippen LogP contribution < -0.4 is 0 Å². The molecule has 1 aliphatic rings. The summed E-state index contributed by atoms with van der Waals surface area (Å²) in [5.41, 5.74) is 1.48. The molecule has 2 amide bonds. The van der Waals surface area contributed by atoms with Gasteiger partial charge in [0.05, 0.1) is 11.7 Å². The lowest BCUT2D eigenvalue weighted by Crippen LogP contribution is -2.43. The van der Waals surface area contributed by atoms with Gasteiger partial charge in [-0.2, -0.15) is 5.26 Å². The van der Waals surface area contributed by atoms with Gasteiger partial charge in [-0.25, -0.2) is 4.79 Å². The van der Waals surface area contributed by atoms with Crippen molar-refractivity contribution in [2.24, 2.45) is 0 Å². The highest BCUT2D eigenvalue weighted by molar-refractivity contribution is 6.19. The van der Waals surface area contributed by atoms with E-state index in [2.05, 4.69) is 0 Å². The molecule has 0 spiro atoms. The van der Waals surface area contributed by atoms with Crippen LogP contribution in [-0.2, 0) is 14.3 Å². The molecule has 0 fully saturated rings. The van der Waals surface area contributed by atoms with Crippen molar-refractivity contribution in [3.8, 4) is 17.4 Å². The van der Waals surface area contributed by atoms with Crippen molar-refractivity contribution in [3.05, 3.63) is 64.4 Å². The number of amides is 2. The number of ether oxygens (including phenoxy) is 1. The maximum absolute atomic E-state index is 12.9. The Morgan fingerprint density at radius 2 is 1.88 bits per heavy atom. The predicted molar refractivity (Wildman–Crippen MR) is 119 cm³/mol. The van der Waals surface area contributed by atoms with Gasteiger partial charge in [0.2, 0.25) is 0 Å². The second kappa shape index (κ2) is 10.1. The average Bonchev–Trinajstić information content (AvgIpc) is 3.25. The first-order chi connectivity index (χ1) is 15.8. The van der Waals surface area contributed by atoms with Crippen molar-refractivity contribution in [2.75, 3.05) is 13.2 Å². The van der Waals surface area contributed by atoms with Gasteiger partial charge in [0.1, 0.15) is 23.2 Å². The Morgan fingerprint density at radius 3 is 2.48 bits per heavy atom. The minimum Gasteiger partial charge on any atom is -0.459 e. The summed E-state index contributed by atoms with van der Waals surface area (Å²) < 4.78 is 11.0. The maximum Gasteiger partial charge on any atom is 0.338 e. The van der Waals surface area contributed by atoms with E-state index in [1.807, 2.05) is 6.07 Å². The van der Waals surface area contributed by atoms with Crippen LogP contribution in [0.3, 0.4) is 0 Å². The molecule has 170 valence electrons. The molecule has 1 aromatic carbocycles. The molecule has 0 saturated heterocycles. The smallest absolute Gasteiger partial charge is 0.338 e. The van der Waals surface area contributed by atoms with E-state index in [0.29, 0.717) is 17.1 Å². The van der Waals surface area contributed by atoms with Crippen molar-refractivity contribution in [1.82, 2.24) is 4.90 Å².